The minimum Gasteiger partial charge on any atom is -0.392 e. The van der Waals surface area contributed by atoms with Crippen LogP contribution < -0.4 is 5.32 Å². The van der Waals surface area contributed by atoms with Crippen LogP contribution >= 0.6 is 12.4 Å². The van der Waals surface area contributed by atoms with Crippen LogP contribution in [0.3, 0.4) is 0 Å². The molecule has 1 aromatic carbocycles. The molecule has 0 spiro atoms. The van der Waals surface area contributed by atoms with Gasteiger partial charge in [0.05, 0.1) is 6.10 Å². The van der Waals surface area contributed by atoms with Gasteiger partial charge in [0.15, 0.2) is 0 Å². The van der Waals surface area contributed by atoms with Gasteiger partial charge < -0.3 is 15.0 Å². The van der Waals surface area contributed by atoms with E-state index in [4.69, 9.17) is 0 Å². The fourth-order valence-corrected chi connectivity index (χ4v) is 1.98. The van der Waals surface area contributed by atoms with Crippen LogP contribution in [0, 0.1) is 0 Å². The Balaban J connectivity index is 0.00000144. The van der Waals surface area contributed by atoms with Crippen molar-refractivity contribution in [2.24, 2.45) is 7.05 Å². The average Bonchev–Trinajstić information content (AvgIpc) is 2.57. The number of aryl methyl sites for hydroxylation is 1. The van der Waals surface area contributed by atoms with Gasteiger partial charge in [-0.25, -0.2) is 0 Å². The second kappa shape index (κ2) is 6.05. The number of aromatic nitrogens is 1. The highest BCUT2D eigenvalue weighted by Gasteiger charge is 2.05. The lowest BCUT2D eigenvalue weighted by Crippen LogP contribution is -2.23. The Kier molecular flexibility index (Phi) is 5.00. The number of hydrogen-bond acceptors (Lipinski definition) is 2. The summed E-state index contributed by atoms with van der Waals surface area (Å²) in [5, 5.41) is 13.7. The Hall–Kier alpha value is -1.03. The Bertz CT molecular complexity index is 479. The highest BCUT2D eigenvalue weighted by atomic mass is 35.5. The molecule has 0 amide bonds. The Labute approximate surface area is 108 Å². The minimum atomic E-state index is -0.296. The molecule has 0 aliphatic heterocycles. The smallest absolute Gasteiger partial charge is 0.0636 e. The van der Waals surface area contributed by atoms with E-state index in [0.29, 0.717) is 6.54 Å². The summed E-state index contributed by atoms with van der Waals surface area (Å²) in [5.41, 5.74) is 2.52. The monoisotopic (exact) mass is 254 g/mol. The van der Waals surface area contributed by atoms with E-state index < -0.39 is 0 Å². The van der Waals surface area contributed by atoms with Gasteiger partial charge in [0.1, 0.15) is 0 Å². The van der Waals surface area contributed by atoms with Crippen molar-refractivity contribution < 1.29 is 5.11 Å². The zero-order chi connectivity index (χ0) is 11.5. The summed E-state index contributed by atoms with van der Waals surface area (Å²) in [4.78, 5) is 0. The van der Waals surface area contributed by atoms with Gasteiger partial charge in [-0.05, 0) is 18.6 Å². The molecule has 0 bridgehead atoms. The molecule has 2 N–H and O–H groups in total. The first kappa shape index (κ1) is 14.0. The Morgan fingerprint density at radius 2 is 2.06 bits per heavy atom. The molecular weight excluding hydrogens is 236 g/mol. The molecule has 1 heterocycles. The van der Waals surface area contributed by atoms with E-state index in [9.17, 15) is 5.11 Å². The summed E-state index contributed by atoms with van der Waals surface area (Å²) in [6, 6.07) is 8.36. The quantitative estimate of drug-likeness (QED) is 0.877. The topological polar surface area (TPSA) is 37.2 Å². The number of nitrogens with zero attached hydrogens (tertiary/aromatic N) is 1. The van der Waals surface area contributed by atoms with Crippen LogP contribution in [-0.4, -0.2) is 22.3 Å². The van der Waals surface area contributed by atoms with E-state index in [-0.39, 0.29) is 18.5 Å². The van der Waals surface area contributed by atoms with Crippen LogP contribution in [0.25, 0.3) is 10.9 Å². The lowest BCUT2D eigenvalue weighted by Gasteiger charge is -2.05. The predicted octanol–water partition coefficient (Wildman–Crippen LogP) is 2.07. The maximum absolute atomic E-state index is 9.18. The first-order valence-corrected chi connectivity index (χ1v) is 5.60. The number of hydrogen-bond donors (Lipinski definition) is 2. The van der Waals surface area contributed by atoms with Crippen molar-refractivity contribution in [2.45, 2.75) is 19.6 Å². The zero-order valence-electron chi connectivity index (χ0n) is 10.2. The zero-order valence-corrected chi connectivity index (χ0v) is 11.0. The van der Waals surface area contributed by atoms with E-state index in [1.807, 2.05) is 0 Å². The first-order chi connectivity index (χ1) is 7.68. The number of aliphatic hydroxyl groups excluding tert-OH is 1. The Morgan fingerprint density at radius 3 is 2.76 bits per heavy atom. The van der Waals surface area contributed by atoms with E-state index in [0.717, 1.165) is 6.54 Å². The third-order valence-corrected chi connectivity index (χ3v) is 2.73. The van der Waals surface area contributed by atoms with E-state index in [2.05, 4.69) is 47.4 Å². The van der Waals surface area contributed by atoms with Crippen molar-refractivity contribution in [1.29, 1.82) is 0 Å². The number of fused-ring (bicyclic) bond motifs is 1. The molecule has 2 aromatic rings. The summed E-state index contributed by atoms with van der Waals surface area (Å²) >= 11 is 0. The van der Waals surface area contributed by atoms with Crippen LogP contribution in [0.5, 0.6) is 0 Å². The summed E-state index contributed by atoms with van der Waals surface area (Å²) in [6.45, 7) is 3.21. The van der Waals surface area contributed by atoms with Gasteiger partial charge >= 0.3 is 0 Å². The summed E-state index contributed by atoms with van der Waals surface area (Å²) in [5.74, 6) is 0. The molecule has 0 saturated heterocycles. The van der Waals surface area contributed by atoms with Crippen molar-refractivity contribution in [3.63, 3.8) is 0 Å². The molecule has 1 unspecified atom stereocenters. The maximum atomic E-state index is 9.18. The average molecular weight is 255 g/mol. The molecule has 0 aliphatic rings. The van der Waals surface area contributed by atoms with Gasteiger partial charge in [-0.15, -0.1) is 12.4 Å². The normalized spacial score (nSPS) is 12.4. The molecule has 3 nitrogen and oxygen atoms in total. The van der Waals surface area contributed by atoms with Crippen molar-refractivity contribution >= 4 is 23.3 Å². The molecule has 94 valence electrons. The summed E-state index contributed by atoms with van der Waals surface area (Å²) in [7, 11) is 2.06. The number of halogens is 1. The molecule has 2 rings (SSSR count). The van der Waals surface area contributed by atoms with Crippen molar-refractivity contribution in [2.75, 3.05) is 6.54 Å². The highest BCUT2D eigenvalue weighted by Crippen LogP contribution is 2.19. The SMILES string of the molecule is CC(O)CNCc1cn(C)c2ccccc12.Cl. The van der Waals surface area contributed by atoms with Gasteiger partial charge in [-0.2, -0.15) is 0 Å². The largest absolute Gasteiger partial charge is 0.392 e. The minimum absolute atomic E-state index is 0. The lowest BCUT2D eigenvalue weighted by molar-refractivity contribution is 0.191. The molecule has 4 heteroatoms. The van der Waals surface area contributed by atoms with Crippen molar-refractivity contribution in [3.05, 3.63) is 36.0 Å². The molecular formula is C13H19ClN2O. The van der Waals surface area contributed by atoms with E-state index >= 15 is 0 Å². The van der Waals surface area contributed by atoms with Crippen LogP contribution in [0.2, 0.25) is 0 Å². The molecule has 17 heavy (non-hydrogen) atoms. The van der Waals surface area contributed by atoms with E-state index in [1.54, 1.807) is 6.92 Å². The van der Waals surface area contributed by atoms with Gasteiger partial charge in [0.25, 0.3) is 0 Å². The van der Waals surface area contributed by atoms with Crippen LogP contribution in [0.15, 0.2) is 30.5 Å². The van der Waals surface area contributed by atoms with Gasteiger partial charge in [0, 0.05) is 37.2 Å². The van der Waals surface area contributed by atoms with E-state index in [1.165, 1.54) is 16.5 Å². The second-order valence-corrected chi connectivity index (χ2v) is 4.26. The molecule has 1 aromatic heterocycles. The second-order valence-electron chi connectivity index (χ2n) is 4.26. The number of aliphatic hydroxyl groups is 1. The predicted molar refractivity (Wildman–Crippen MR) is 73.6 cm³/mol. The number of nitrogens with one attached hydrogen (secondary N) is 1. The van der Waals surface area contributed by atoms with Crippen LogP contribution in [-0.2, 0) is 13.6 Å². The van der Waals surface area contributed by atoms with Crippen LogP contribution in [0.1, 0.15) is 12.5 Å². The number of para-hydroxylation sites is 1. The maximum Gasteiger partial charge on any atom is 0.0636 e. The molecule has 1 atom stereocenters. The standard InChI is InChI=1S/C13H18N2O.ClH/c1-10(16)7-14-8-11-9-15(2)13-6-4-3-5-12(11)13;/h3-6,9-10,14,16H,7-8H2,1-2H3;1H. The van der Waals surface area contributed by atoms with Gasteiger partial charge in [0.2, 0.25) is 0 Å². The highest BCUT2D eigenvalue weighted by molar-refractivity contribution is 5.85. The van der Waals surface area contributed by atoms with Crippen LogP contribution in [0.4, 0.5) is 0 Å². The van der Waals surface area contributed by atoms with Gasteiger partial charge in [-0.1, -0.05) is 18.2 Å². The third kappa shape index (κ3) is 3.22. The Morgan fingerprint density at radius 1 is 1.35 bits per heavy atom. The van der Waals surface area contributed by atoms with Crippen molar-refractivity contribution in [3.8, 4) is 0 Å². The molecule has 0 radical (unpaired) electrons. The fourth-order valence-electron chi connectivity index (χ4n) is 1.98. The first-order valence-electron chi connectivity index (χ1n) is 5.60. The summed E-state index contributed by atoms with van der Waals surface area (Å²) in [6.07, 6.45) is 1.84. The van der Waals surface area contributed by atoms with Crippen molar-refractivity contribution in [1.82, 2.24) is 9.88 Å². The fraction of sp³-hybridized carbons (Fsp3) is 0.385. The summed E-state index contributed by atoms with van der Waals surface area (Å²) < 4.78 is 2.13. The third-order valence-electron chi connectivity index (χ3n) is 2.73. The molecule has 0 saturated carbocycles. The van der Waals surface area contributed by atoms with Gasteiger partial charge in [-0.3, -0.25) is 0 Å². The lowest BCUT2D eigenvalue weighted by atomic mass is 10.2. The number of rotatable bonds is 4. The number of benzene rings is 1. The molecule has 0 aliphatic carbocycles. The molecule has 0 fully saturated rings.